The summed E-state index contributed by atoms with van der Waals surface area (Å²) in [4.78, 5) is 11.0. The van der Waals surface area contributed by atoms with Gasteiger partial charge in [-0.3, -0.25) is 4.79 Å². The predicted octanol–water partition coefficient (Wildman–Crippen LogP) is 2.65. The van der Waals surface area contributed by atoms with Gasteiger partial charge in [0.1, 0.15) is 5.78 Å². The Hall–Kier alpha value is -0.330. The molecule has 0 aromatic rings. The number of carbonyl (C=O) groups is 1. The molecular formula is C10H18O. The summed E-state index contributed by atoms with van der Waals surface area (Å²) in [6.07, 6.45) is 2.82. The number of rotatable bonds is 2. The van der Waals surface area contributed by atoms with Gasteiger partial charge in [0.05, 0.1) is 0 Å². The molecule has 11 heavy (non-hydrogen) atoms. The van der Waals surface area contributed by atoms with Crippen LogP contribution in [0.2, 0.25) is 0 Å². The lowest BCUT2D eigenvalue weighted by atomic mass is 9.84. The Kier molecular flexibility index (Phi) is 2.69. The van der Waals surface area contributed by atoms with Crippen molar-refractivity contribution in [1.82, 2.24) is 0 Å². The van der Waals surface area contributed by atoms with Gasteiger partial charge in [0, 0.05) is 12.8 Å². The zero-order valence-electron chi connectivity index (χ0n) is 7.76. The molecule has 0 amide bonds. The molecule has 0 aromatic heterocycles. The third kappa shape index (κ3) is 2.05. The monoisotopic (exact) mass is 154 g/mol. The molecule has 0 radical (unpaired) electrons. The fourth-order valence-electron chi connectivity index (χ4n) is 1.84. The van der Waals surface area contributed by atoms with Gasteiger partial charge >= 0.3 is 0 Å². The van der Waals surface area contributed by atoms with E-state index in [4.69, 9.17) is 0 Å². The maximum absolute atomic E-state index is 11.0. The highest BCUT2D eigenvalue weighted by molar-refractivity contribution is 5.80. The maximum Gasteiger partial charge on any atom is 0.133 e. The molecule has 0 N–H and O–H groups in total. The Bertz CT molecular complexity index is 149. The van der Waals surface area contributed by atoms with Crippen molar-refractivity contribution in [1.29, 1.82) is 0 Å². The van der Waals surface area contributed by atoms with Gasteiger partial charge in [-0.25, -0.2) is 0 Å². The predicted molar refractivity (Wildman–Crippen MR) is 46.4 cm³/mol. The lowest BCUT2D eigenvalue weighted by Gasteiger charge is -2.21. The molecular weight excluding hydrogens is 136 g/mol. The van der Waals surface area contributed by atoms with Crippen LogP contribution in [0.4, 0.5) is 0 Å². The van der Waals surface area contributed by atoms with Crippen LogP contribution in [-0.2, 0) is 4.79 Å². The first-order valence-electron chi connectivity index (χ1n) is 4.63. The van der Waals surface area contributed by atoms with E-state index in [1.54, 1.807) is 0 Å². The van der Waals surface area contributed by atoms with E-state index < -0.39 is 0 Å². The smallest absolute Gasteiger partial charge is 0.133 e. The molecule has 0 heterocycles. The van der Waals surface area contributed by atoms with E-state index in [-0.39, 0.29) is 0 Å². The van der Waals surface area contributed by atoms with E-state index in [0.29, 0.717) is 11.7 Å². The molecule has 1 nitrogen and oxygen atoms in total. The van der Waals surface area contributed by atoms with Crippen LogP contribution in [0.5, 0.6) is 0 Å². The number of ketones is 1. The standard InChI is InChI=1S/C10H18O/c1-7(2)8(3)9-4-5-10(11)6-9/h7-9H,4-6H2,1-3H3. The first kappa shape index (κ1) is 8.76. The molecule has 1 aliphatic carbocycles. The molecule has 1 fully saturated rings. The second kappa shape index (κ2) is 3.38. The lowest BCUT2D eigenvalue weighted by molar-refractivity contribution is -0.117. The Morgan fingerprint density at radius 2 is 2.00 bits per heavy atom. The van der Waals surface area contributed by atoms with E-state index in [1.807, 2.05) is 0 Å². The fraction of sp³-hybridized carbons (Fsp3) is 0.900. The summed E-state index contributed by atoms with van der Waals surface area (Å²) in [7, 11) is 0. The van der Waals surface area contributed by atoms with E-state index in [1.165, 1.54) is 0 Å². The third-order valence-corrected chi connectivity index (χ3v) is 3.08. The first-order chi connectivity index (χ1) is 5.11. The number of Topliss-reactive ketones (excluding diaryl/α,β-unsaturated/α-hetero) is 1. The average Bonchev–Trinajstić information content (AvgIpc) is 2.34. The fourth-order valence-corrected chi connectivity index (χ4v) is 1.84. The molecule has 0 bridgehead atoms. The average molecular weight is 154 g/mol. The molecule has 0 aliphatic heterocycles. The van der Waals surface area contributed by atoms with Crippen LogP contribution in [0, 0.1) is 17.8 Å². The van der Waals surface area contributed by atoms with Gasteiger partial charge in [-0.2, -0.15) is 0 Å². The molecule has 1 saturated carbocycles. The minimum atomic E-state index is 0.475. The normalized spacial score (nSPS) is 28.0. The molecule has 0 saturated heterocycles. The quantitative estimate of drug-likeness (QED) is 0.597. The van der Waals surface area contributed by atoms with E-state index in [0.717, 1.165) is 31.1 Å². The lowest BCUT2D eigenvalue weighted by Crippen LogP contribution is -2.14. The summed E-state index contributed by atoms with van der Waals surface area (Å²) in [5.74, 6) is 2.61. The Morgan fingerprint density at radius 1 is 1.36 bits per heavy atom. The van der Waals surface area contributed by atoms with Crippen molar-refractivity contribution < 1.29 is 4.79 Å². The summed E-state index contributed by atoms with van der Waals surface area (Å²) in [5.41, 5.74) is 0. The van der Waals surface area contributed by atoms with Crippen LogP contribution in [0.1, 0.15) is 40.0 Å². The van der Waals surface area contributed by atoms with E-state index in [2.05, 4.69) is 20.8 Å². The summed E-state index contributed by atoms with van der Waals surface area (Å²) < 4.78 is 0. The van der Waals surface area contributed by atoms with E-state index >= 15 is 0 Å². The van der Waals surface area contributed by atoms with Gasteiger partial charge < -0.3 is 0 Å². The van der Waals surface area contributed by atoms with Crippen molar-refractivity contribution in [2.75, 3.05) is 0 Å². The van der Waals surface area contributed by atoms with Crippen molar-refractivity contribution >= 4 is 5.78 Å². The second-order valence-electron chi connectivity index (χ2n) is 4.14. The van der Waals surface area contributed by atoms with Gasteiger partial charge in [-0.15, -0.1) is 0 Å². The summed E-state index contributed by atoms with van der Waals surface area (Å²) in [5, 5.41) is 0. The van der Waals surface area contributed by atoms with Gasteiger partial charge in [0.2, 0.25) is 0 Å². The van der Waals surface area contributed by atoms with Crippen LogP contribution in [0.25, 0.3) is 0 Å². The zero-order valence-corrected chi connectivity index (χ0v) is 7.76. The van der Waals surface area contributed by atoms with Crippen molar-refractivity contribution in [3.63, 3.8) is 0 Å². The maximum atomic E-state index is 11.0. The topological polar surface area (TPSA) is 17.1 Å². The summed E-state index contributed by atoms with van der Waals surface area (Å²) >= 11 is 0. The molecule has 0 spiro atoms. The van der Waals surface area contributed by atoms with Crippen LogP contribution >= 0.6 is 0 Å². The SMILES string of the molecule is CC(C)C(C)C1CCC(=O)C1. The first-order valence-corrected chi connectivity index (χ1v) is 4.63. The summed E-state index contributed by atoms with van der Waals surface area (Å²) in [6.45, 7) is 6.76. The van der Waals surface area contributed by atoms with Crippen molar-refractivity contribution in [2.45, 2.75) is 40.0 Å². The van der Waals surface area contributed by atoms with Gasteiger partial charge in [0.15, 0.2) is 0 Å². The number of carbonyl (C=O) groups excluding carboxylic acids is 1. The van der Waals surface area contributed by atoms with E-state index in [9.17, 15) is 4.79 Å². The molecule has 1 aliphatic rings. The minimum Gasteiger partial charge on any atom is -0.300 e. The molecule has 0 aromatic carbocycles. The highest BCUT2D eigenvalue weighted by atomic mass is 16.1. The van der Waals surface area contributed by atoms with Crippen LogP contribution < -0.4 is 0 Å². The van der Waals surface area contributed by atoms with Crippen molar-refractivity contribution in [2.24, 2.45) is 17.8 Å². The molecule has 1 heteroatoms. The van der Waals surface area contributed by atoms with Crippen molar-refractivity contribution in [3.05, 3.63) is 0 Å². The highest BCUT2D eigenvalue weighted by Gasteiger charge is 2.27. The summed E-state index contributed by atoms with van der Waals surface area (Å²) in [6, 6.07) is 0. The zero-order chi connectivity index (χ0) is 8.43. The Balaban J connectivity index is 2.43. The Labute approximate surface area is 69.2 Å². The Morgan fingerprint density at radius 3 is 2.36 bits per heavy atom. The molecule has 1 rings (SSSR count). The number of hydrogen-bond donors (Lipinski definition) is 0. The minimum absolute atomic E-state index is 0.475. The van der Waals surface area contributed by atoms with Crippen LogP contribution in [0.3, 0.4) is 0 Å². The molecule has 64 valence electrons. The third-order valence-electron chi connectivity index (χ3n) is 3.08. The number of hydrogen-bond acceptors (Lipinski definition) is 1. The van der Waals surface area contributed by atoms with Gasteiger partial charge in [0.25, 0.3) is 0 Å². The largest absolute Gasteiger partial charge is 0.300 e. The van der Waals surface area contributed by atoms with Crippen molar-refractivity contribution in [3.8, 4) is 0 Å². The second-order valence-corrected chi connectivity index (χ2v) is 4.14. The van der Waals surface area contributed by atoms with Gasteiger partial charge in [-0.05, 0) is 24.2 Å². The molecule has 2 unspecified atom stereocenters. The van der Waals surface area contributed by atoms with Gasteiger partial charge in [-0.1, -0.05) is 20.8 Å². The molecule has 2 atom stereocenters. The highest BCUT2D eigenvalue weighted by Crippen LogP contribution is 2.32. The van der Waals surface area contributed by atoms with Crippen LogP contribution in [0.15, 0.2) is 0 Å². The van der Waals surface area contributed by atoms with Crippen LogP contribution in [-0.4, -0.2) is 5.78 Å².